The molecule has 0 spiro atoms. The number of nitrogens with zero attached hydrogens (tertiary/aromatic N) is 2. The van der Waals surface area contributed by atoms with E-state index >= 15 is 0 Å². The summed E-state index contributed by atoms with van der Waals surface area (Å²) in [6.45, 7) is 0. The molecule has 0 fully saturated rings. The summed E-state index contributed by atoms with van der Waals surface area (Å²) in [4.78, 5) is 15.4. The van der Waals surface area contributed by atoms with Crippen LogP contribution in [0.4, 0.5) is 11.4 Å². The first-order chi connectivity index (χ1) is 10.1. The Morgan fingerprint density at radius 3 is 2.81 bits per heavy atom. The lowest BCUT2D eigenvalue weighted by molar-refractivity contribution is 0.0698. The second kappa shape index (κ2) is 5.10. The van der Waals surface area contributed by atoms with Crippen molar-refractivity contribution in [1.82, 2.24) is 9.55 Å². The van der Waals surface area contributed by atoms with Crippen molar-refractivity contribution in [2.45, 2.75) is 0 Å². The summed E-state index contributed by atoms with van der Waals surface area (Å²) in [6.07, 6.45) is 0. The second-order valence-electron chi connectivity index (χ2n) is 4.62. The van der Waals surface area contributed by atoms with Gasteiger partial charge in [-0.15, -0.1) is 0 Å². The zero-order valence-corrected chi connectivity index (χ0v) is 11.9. The third-order valence-corrected chi connectivity index (χ3v) is 3.60. The van der Waals surface area contributed by atoms with Gasteiger partial charge in [0.1, 0.15) is 0 Å². The van der Waals surface area contributed by atoms with E-state index in [4.69, 9.17) is 11.6 Å². The number of aromatic carboxylic acids is 1. The zero-order valence-electron chi connectivity index (χ0n) is 11.2. The Bertz CT molecular complexity index is 842. The summed E-state index contributed by atoms with van der Waals surface area (Å²) in [5.41, 5.74) is 3.17. The number of para-hydroxylation sites is 1. The number of aryl methyl sites for hydroxylation is 1. The lowest BCUT2D eigenvalue weighted by Crippen LogP contribution is -2.02. The number of hydrogen-bond acceptors (Lipinski definition) is 3. The number of carbonyl (C=O) groups is 1. The molecule has 0 bridgehead atoms. The van der Waals surface area contributed by atoms with Gasteiger partial charge in [-0.05, 0) is 41.9 Å². The van der Waals surface area contributed by atoms with Crippen LogP contribution in [0.15, 0.2) is 42.5 Å². The third kappa shape index (κ3) is 2.43. The number of halogens is 1. The van der Waals surface area contributed by atoms with Gasteiger partial charge in [0.05, 0.1) is 22.3 Å². The first-order valence-corrected chi connectivity index (χ1v) is 6.65. The Hall–Kier alpha value is -2.53. The van der Waals surface area contributed by atoms with Crippen molar-refractivity contribution in [1.29, 1.82) is 0 Å². The predicted molar refractivity (Wildman–Crippen MR) is 82.4 cm³/mol. The molecule has 0 unspecified atom stereocenters. The smallest absolute Gasteiger partial charge is 0.337 e. The maximum absolute atomic E-state index is 11.2. The Labute approximate surface area is 125 Å². The molecule has 0 aliphatic rings. The van der Waals surface area contributed by atoms with Crippen LogP contribution < -0.4 is 5.32 Å². The van der Waals surface area contributed by atoms with E-state index in [1.165, 1.54) is 0 Å². The summed E-state index contributed by atoms with van der Waals surface area (Å²) in [5, 5.41) is 12.7. The number of hydrogen-bond donors (Lipinski definition) is 2. The van der Waals surface area contributed by atoms with Crippen LogP contribution in [0.5, 0.6) is 0 Å². The lowest BCUT2D eigenvalue weighted by Gasteiger charge is -2.09. The van der Waals surface area contributed by atoms with Gasteiger partial charge in [-0.25, -0.2) is 9.78 Å². The molecule has 0 aliphatic heterocycles. The Kier molecular flexibility index (Phi) is 3.27. The predicted octanol–water partition coefficient (Wildman–Crippen LogP) is 3.67. The number of aromatic nitrogens is 2. The van der Waals surface area contributed by atoms with Crippen molar-refractivity contribution in [2.24, 2.45) is 7.05 Å². The lowest BCUT2D eigenvalue weighted by atomic mass is 10.1. The summed E-state index contributed by atoms with van der Waals surface area (Å²) >= 11 is 5.99. The molecule has 1 heterocycles. The van der Waals surface area contributed by atoms with Crippen molar-refractivity contribution in [3.05, 3.63) is 53.3 Å². The largest absolute Gasteiger partial charge is 0.478 e. The van der Waals surface area contributed by atoms with Crippen LogP contribution in [0.3, 0.4) is 0 Å². The van der Waals surface area contributed by atoms with E-state index < -0.39 is 5.97 Å². The van der Waals surface area contributed by atoms with E-state index in [2.05, 4.69) is 10.3 Å². The van der Waals surface area contributed by atoms with Crippen LogP contribution in [0, 0.1) is 0 Å². The summed E-state index contributed by atoms with van der Waals surface area (Å²) in [7, 11) is 1.84. The van der Waals surface area contributed by atoms with E-state index in [1.54, 1.807) is 28.8 Å². The highest BCUT2D eigenvalue weighted by Gasteiger charge is 2.10. The minimum absolute atomic E-state index is 0.219. The minimum Gasteiger partial charge on any atom is -0.478 e. The molecule has 0 amide bonds. The molecule has 0 aliphatic carbocycles. The second-order valence-corrected chi connectivity index (χ2v) is 4.96. The maximum atomic E-state index is 11.2. The van der Waals surface area contributed by atoms with Crippen LogP contribution in [-0.2, 0) is 7.05 Å². The first kappa shape index (κ1) is 13.5. The fourth-order valence-corrected chi connectivity index (χ4v) is 2.36. The SMILES string of the molecule is Cn1c(Cl)nc2cc(Nc3ccccc3C(=O)O)ccc21. The highest BCUT2D eigenvalue weighted by atomic mass is 35.5. The van der Waals surface area contributed by atoms with Crippen molar-refractivity contribution in [2.75, 3.05) is 5.32 Å². The van der Waals surface area contributed by atoms with Gasteiger partial charge in [-0.2, -0.15) is 0 Å². The molecule has 0 radical (unpaired) electrons. The number of carboxylic acid groups (broad SMARTS) is 1. The molecule has 3 rings (SSSR count). The van der Waals surface area contributed by atoms with Gasteiger partial charge in [0.25, 0.3) is 0 Å². The monoisotopic (exact) mass is 301 g/mol. The quantitative estimate of drug-likeness (QED) is 0.774. The molecule has 21 heavy (non-hydrogen) atoms. The van der Waals surface area contributed by atoms with Crippen molar-refractivity contribution in [3.8, 4) is 0 Å². The first-order valence-electron chi connectivity index (χ1n) is 6.27. The molecule has 0 saturated heterocycles. The summed E-state index contributed by atoms with van der Waals surface area (Å²) in [5.74, 6) is -0.972. The van der Waals surface area contributed by atoms with Gasteiger partial charge in [0.15, 0.2) is 0 Å². The van der Waals surface area contributed by atoms with E-state index in [9.17, 15) is 9.90 Å². The van der Waals surface area contributed by atoms with Crippen LogP contribution in [-0.4, -0.2) is 20.6 Å². The maximum Gasteiger partial charge on any atom is 0.337 e. The van der Waals surface area contributed by atoms with Crippen LogP contribution in [0.2, 0.25) is 5.28 Å². The Morgan fingerprint density at radius 2 is 2.05 bits per heavy atom. The third-order valence-electron chi connectivity index (χ3n) is 3.26. The van der Waals surface area contributed by atoms with E-state index in [0.717, 1.165) is 16.7 Å². The molecule has 2 N–H and O–H groups in total. The topological polar surface area (TPSA) is 67.2 Å². The van der Waals surface area contributed by atoms with Crippen molar-refractivity contribution in [3.63, 3.8) is 0 Å². The summed E-state index contributed by atoms with van der Waals surface area (Å²) in [6, 6.07) is 12.3. The van der Waals surface area contributed by atoms with Crippen molar-refractivity contribution < 1.29 is 9.90 Å². The number of benzene rings is 2. The standard InChI is InChI=1S/C15H12ClN3O2/c1-19-13-7-6-9(8-12(13)18-15(19)16)17-11-5-3-2-4-10(11)14(20)21/h2-8,17H,1H3,(H,20,21). The molecule has 6 heteroatoms. The molecular formula is C15H12ClN3O2. The normalized spacial score (nSPS) is 10.8. The van der Waals surface area contributed by atoms with Gasteiger partial charge in [0.2, 0.25) is 5.28 Å². The molecule has 106 valence electrons. The average molecular weight is 302 g/mol. The Morgan fingerprint density at radius 1 is 1.29 bits per heavy atom. The summed E-state index contributed by atoms with van der Waals surface area (Å²) < 4.78 is 1.78. The number of nitrogens with one attached hydrogen (secondary N) is 1. The number of imidazole rings is 1. The van der Waals surface area contributed by atoms with Gasteiger partial charge in [0, 0.05) is 12.7 Å². The molecule has 1 aromatic heterocycles. The van der Waals surface area contributed by atoms with E-state index in [-0.39, 0.29) is 5.56 Å². The Balaban J connectivity index is 2.01. The van der Waals surface area contributed by atoms with Crippen LogP contribution >= 0.6 is 11.6 Å². The number of carboxylic acids is 1. The molecular weight excluding hydrogens is 290 g/mol. The number of anilines is 2. The van der Waals surface area contributed by atoms with Crippen LogP contribution in [0.25, 0.3) is 11.0 Å². The van der Waals surface area contributed by atoms with Gasteiger partial charge in [-0.3, -0.25) is 0 Å². The van der Waals surface area contributed by atoms with Gasteiger partial charge >= 0.3 is 5.97 Å². The average Bonchev–Trinajstić information content (AvgIpc) is 2.74. The minimum atomic E-state index is -0.972. The fourth-order valence-electron chi connectivity index (χ4n) is 2.18. The molecule has 3 aromatic rings. The molecule has 0 atom stereocenters. The van der Waals surface area contributed by atoms with Crippen molar-refractivity contribution >= 4 is 40.0 Å². The highest BCUT2D eigenvalue weighted by Crippen LogP contribution is 2.25. The van der Waals surface area contributed by atoms with Gasteiger partial charge in [-0.1, -0.05) is 12.1 Å². The zero-order chi connectivity index (χ0) is 15.0. The van der Waals surface area contributed by atoms with E-state index in [1.807, 2.05) is 25.2 Å². The molecule has 5 nitrogen and oxygen atoms in total. The molecule has 2 aromatic carbocycles. The number of fused-ring (bicyclic) bond motifs is 1. The number of rotatable bonds is 3. The molecule has 0 saturated carbocycles. The highest BCUT2D eigenvalue weighted by molar-refractivity contribution is 6.29. The van der Waals surface area contributed by atoms with E-state index in [0.29, 0.717) is 11.0 Å². The van der Waals surface area contributed by atoms with Crippen LogP contribution in [0.1, 0.15) is 10.4 Å². The van der Waals surface area contributed by atoms with Gasteiger partial charge < -0.3 is 15.0 Å². The fraction of sp³-hybridized carbons (Fsp3) is 0.0667.